The zero-order chi connectivity index (χ0) is 14.2. The van der Waals surface area contributed by atoms with E-state index < -0.39 is 0 Å². The first-order valence-corrected chi connectivity index (χ1v) is 7.44. The van der Waals surface area contributed by atoms with Crippen LogP contribution in [-0.4, -0.2) is 38.8 Å². The lowest BCUT2D eigenvalue weighted by Gasteiger charge is -2.11. The summed E-state index contributed by atoms with van der Waals surface area (Å²) in [5.74, 6) is 1.55. The van der Waals surface area contributed by atoms with E-state index in [0.29, 0.717) is 12.0 Å². The van der Waals surface area contributed by atoms with Crippen LogP contribution in [0.1, 0.15) is 31.2 Å². The molecule has 0 aromatic heterocycles. The molecule has 1 aromatic rings. The van der Waals surface area contributed by atoms with E-state index in [4.69, 9.17) is 4.74 Å². The van der Waals surface area contributed by atoms with Crippen molar-refractivity contribution in [3.05, 3.63) is 35.9 Å². The quantitative estimate of drug-likeness (QED) is 0.319. The lowest BCUT2D eigenvalue weighted by molar-refractivity contribution is 0.197. The summed E-state index contributed by atoms with van der Waals surface area (Å²) in [4.78, 5) is 4.57. The van der Waals surface area contributed by atoms with Gasteiger partial charge in [0.2, 0.25) is 0 Å². The van der Waals surface area contributed by atoms with Gasteiger partial charge in [-0.1, -0.05) is 30.3 Å². The van der Waals surface area contributed by atoms with E-state index in [1.54, 1.807) is 7.11 Å². The predicted octanol–water partition coefficient (Wildman–Crippen LogP) is 2.75. The molecule has 0 spiro atoms. The summed E-state index contributed by atoms with van der Waals surface area (Å²) in [5.41, 5.74) is 1.42. The highest BCUT2D eigenvalue weighted by Crippen LogP contribution is 2.40. The third kappa shape index (κ3) is 6.22. The van der Waals surface area contributed by atoms with E-state index in [0.717, 1.165) is 32.1 Å². The van der Waals surface area contributed by atoms with Gasteiger partial charge in [-0.3, -0.25) is 4.99 Å². The molecule has 21 heavy (non-hydrogen) atoms. The molecule has 1 saturated carbocycles. The Hall–Kier alpha value is -0.820. The first-order valence-electron chi connectivity index (χ1n) is 7.44. The van der Waals surface area contributed by atoms with Crippen LogP contribution in [0.25, 0.3) is 0 Å². The molecule has 0 radical (unpaired) electrons. The summed E-state index contributed by atoms with van der Waals surface area (Å²) in [6.45, 7) is 4.54. The molecule has 1 aliphatic carbocycles. The van der Waals surface area contributed by atoms with Gasteiger partial charge in [0, 0.05) is 38.8 Å². The minimum Gasteiger partial charge on any atom is -0.385 e. The molecular formula is C16H26IN3O. The topological polar surface area (TPSA) is 45.7 Å². The molecule has 0 amide bonds. The van der Waals surface area contributed by atoms with Crippen LogP contribution >= 0.6 is 24.0 Å². The summed E-state index contributed by atoms with van der Waals surface area (Å²) in [7, 11) is 1.72. The van der Waals surface area contributed by atoms with Crippen LogP contribution in [-0.2, 0) is 4.74 Å². The van der Waals surface area contributed by atoms with Gasteiger partial charge in [-0.15, -0.1) is 24.0 Å². The summed E-state index contributed by atoms with van der Waals surface area (Å²) in [5, 5.41) is 6.82. The van der Waals surface area contributed by atoms with E-state index in [2.05, 4.69) is 52.9 Å². The number of nitrogens with zero attached hydrogens (tertiary/aromatic N) is 1. The van der Waals surface area contributed by atoms with Gasteiger partial charge < -0.3 is 15.4 Å². The van der Waals surface area contributed by atoms with Gasteiger partial charge in [-0.2, -0.15) is 0 Å². The van der Waals surface area contributed by atoms with Crippen LogP contribution in [0.2, 0.25) is 0 Å². The van der Waals surface area contributed by atoms with Crippen LogP contribution in [0, 0.1) is 0 Å². The lowest BCUT2D eigenvalue weighted by atomic mass is 10.1. The fourth-order valence-electron chi connectivity index (χ4n) is 2.32. The molecule has 1 aliphatic rings. The molecule has 2 rings (SSSR count). The van der Waals surface area contributed by atoms with Gasteiger partial charge in [0.15, 0.2) is 5.96 Å². The number of ether oxygens (including phenoxy) is 1. The molecule has 0 heterocycles. The molecular weight excluding hydrogens is 377 g/mol. The largest absolute Gasteiger partial charge is 0.385 e. The van der Waals surface area contributed by atoms with Crippen molar-refractivity contribution in [3.8, 4) is 0 Å². The number of halogens is 1. The second-order valence-corrected chi connectivity index (χ2v) is 5.11. The monoisotopic (exact) mass is 403 g/mol. The molecule has 0 bridgehead atoms. The Labute approximate surface area is 144 Å². The Kier molecular flexibility index (Phi) is 8.68. The highest BCUT2D eigenvalue weighted by atomic mass is 127. The number of nitrogens with one attached hydrogen (secondary N) is 2. The van der Waals surface area contributed by atoms with Gasteiger partial charge in [0.1, 0.15) is 0 Å². The highest BCUT2D eigenvalue weighted by Gasteiger charge is 2.38. The Balaban J connectivity index is 0.00000220. The third-order valence-corrected chi connectivity index (χ3v) is 3.46. The van der Waals surface area contributed by atoms with Crippen LogP contribution < -0.4 is 10.6 Å². The zero-order valence-corrected chi connectivity index (χ0v) is 15.2. The maximum absolute atomic E-state index is 5.04. The molecule has 1 fully saturated rings. The fraction of sp³-hybridized carbons (Fsp3) is 0.562. The van der Waals surface area contributed by atoms with E-state index in [9.17, 15) is 0 Å². The van der Waals surface area contributed by atoms with Gasteiger partial charge in [-0.25, -0.2) is 0 Å². The minimum atomic E-state index is 0. The lowest BCUT2D eigenvalue weighted by Crippen LogP contribution is -2.39. The van der Waals surface area contributed by atoms with Crippen LogP contribution in [0.4, 0.5) is 0 Å². The maximum Gasteiger partial charge on any atom is 0.191 e. The van der Waals surface area contributed by atoms with E-state index in [1.807, 2.05) is 0 Å². The van der Waals surface area contributed by atoms with Crippen molar-refractivity contribution in [2.24, 2.45) is 4.99 Å². The number of methoxy groups -OCH3 is 1. The molecule has 118 valence electrons. The second kappa shape index (κ2) is 10.00. The van der Waals surface area contributed by atoms with Crippen LogP contribution in [0.5, 0.6) is 0 Å². The Morgan fingerprint density at radius 2 is 2.10 bits per heavy atom. The van der Waals surface area contributed by atoms with Crippen molar-refractivity contribution in [3.63, 3.8) is 0 Å². The number of aliphatic imine (C=N–C) groups is 1. The van der Waals surface area contributed by atoms with Crippen molar-refractivity contribution in [2.45, 2.75) is 31.7 Å². The van der Waals surface area contributed by atoms with E-state index >= 15 is 0 Å². The summed E-state index contributed by atoms with van der Waals surface area (Å²) < 4.78 is 5.04. The summed E-state index contributed by atoms with van der Waals surface area (Å²) in [6, 6.07) is 11.2. The Bertz CT molecular complexity index is 425. The summed E-state index contributed by atoms with van der Waals surface area (Å²) >= 11 is 0. The van der Waals surface area contributed by atoms with Gasteiger partial charge >= 0.3 is 0 Å². The first-order chi connectivity index (χ1) is 9.85. The van der Waals surface area contributed by atoms with Gasteiger partial charge in [0.25, 0.3) is 0 Å². The molecule has 0 saturated heterocycles. The van der Waals surface area contributed by atoms with Crippen molar-refractivity contribution in [1.29, 1.82) is 0 Å². The van der Waals surface area contributed by atoms with Crippen molar-refractivity contribution in [1.82, 2.24) is 10.6 Å². The zero-order valence-electron chi connectivity index (χ0n) is 12.8. The fourth-order valence-corrected chi connectivity index (χ4v) is 2.32. The molecule has 0 aliphatic heterocycles. The van der Waals surface area contributed by atoms with Crippen molar-refractivity contribution >= 4 is 29.9 Å². The summed E-state index contributed by atoms with van der Waals surface area (Å²) in [6.07, 6.45) is 2.15. The smallest absolute Gasteiger partial charge is 0.191 e. The number of benzene rings is 1. The van der Waals surface area contributed by atoms with E-state index in [1.165, 1.54) is 12.0 Å². The molecule has 2 unspecified atom stereocenters. The van der Waals surface area contributed by atoms with Gasteiger partial charge in [0.05, 0.1) is 0 Å². The molecule has 5 heteroatoms. The molecule has 2 atom stereocenters. The molecule has 2 N–H and O–H groups in total. The standard InChI is InChI=1S/C16H25N3O.HI/c1-3-17-16(18-10-7-11-20-2)19-15-12-14(15)13-8-5-4-6-9-13;/h4-6,8-9,14-15H,3,7,10-12H2,1-2H3,(H2,17,18,19);1H. The number of guanidine groups is 1. The average molecular weight is 403 g/mol. The van der Waals surface area contributed by atoms with Crippen LogP contribution in [0.3, 0.4) is 0 Å². The van der Waals surface area contributed by atoms with Crippen molar-refractivity contribution < 1.29 is 4.74 Å². The van der Waals surface area contributed by atoms with E-state index in [-0.39, 0.29) is 24.0 Å². The second-order valence-electron chi connectivity index (χ2n) is 5.11. The minimum absolute atomic E-state index is 0. The molecule has 1 aromatic carbocycles. The normalized spacial score (nSPS) is 20.6. The van der Waals surface area contributed by atoms with Crippen molar-refractivity contribution in [2.75, 3.05) is 26.8 Å². The third-order valence-electron chi connectivity index (χ3n) is 3.46. The first kappa shape index (κ1) is 18.2. The van der Waals surface area contributed by atoms with Crippen LogP contribution in [0.15, 0.2) is 35.3 Å². The Morgan fingerprint density at radius 3 is 2.76 bits per heavy atom. The Morgan fingerprint density at radius 1 is 1.33 bits per heavy atom. The predicted molar refractivity (Wildman–Crippen MR) is 98.6 cm³/mol. The van der Waals surface area contributed by atoms with Gasteiger partial charge in [-0.05, 0) is 25.3 Å². The number of rotatable bonds is 7. The number of hydrogen-bond donors (Lipinski definition) is 2. The molecule has 4 nitrogen and oxygen atoms in total. The maximum atomic E-state index is 5.04. The number of hydrogen-bond acceptors (Lipinski definition) is 2. The average Bonchev–Trinajstić information content (AvgIpc) is 3.24. The highest BCUT2D eigenvalue weighted by molar-refractivity contribution is 14.0. The SMILES string of the molecule is CCNC(=NCCCOC)NC1CC1c1ccccc1.I.